The summed E-state index contributed by atoms with van der Waals surface area (Å²) in [6.07, 6.45) is 2.67. The van der Waals surface area contributed by atoms with E-state index in [1.165, 1.54) is 16.7 Å². The molecule has 0 bridgehead atoms. The lowest BCUT2D eigenvalue weighted by molar-refractivity contribution is 0.338. The van der Waals surface area contributed by atoms with Crippen LogP contribution < -0.4 is 0 Å². The second kappa shape index (κ2) is 9.22. The van der Waals surface area contributed by atoms with Crippen molar-refractivity contribution in [3.8, 4) is 11.5 Å². The number of fused-ring (bicyclic) bond motifs is 1. The molecule has 25 heavy (non-hydrogen) atoms. The molecule has 0 radical (unpaired) electrons. The van der Waals surface area contributed by atoms with Crippen molar-refractivity contribution < 1.29 is 15.7 Å². The number of phenols is 2. The topological polar surface area (TPSA) is 75.2 Å². The Kier molecular flexibility index (Phi) is 7.93. The van der Waals surface area contributed by atoms with E-state index in [-0.39, 0.29) is 39.9 Å². The number of rotatable bonds is 3. The molecule has 4 N–H and O–H groups in total. The van der Waals surface area contributed by atoms with Crippen LogP contribution in [0.1, 0.15) is 41.5 Å². The molecule has 0 saturated carbocycles. The number of aromatic hydroxyl groups is 2. The van der Waals surface area contributed by atoms with Gasteiger partial charge >= 0.3 is 0 Å². The molecule has 0 fully saturated rings. The summed E-state index contributed by atoms with van der Waals surface area (Å²) in [6.45, 7) is 4.00. The third kappa shape index (κ3) is 4.35. The third-order valence-corrected chi connectivity index (χ3v) is 4.85. The molecule has 2 aromatic rings. The zero-order valence-corrected chi connectivity index (χ0v) is 16.5. The molecule has 0 saturated heterocycles. The first-order valence-electron chi connectivity index (χ1n) is 8.41. The van der Waals surface area contributed by atoms with Crippen molar-refractivity contribution >= 4 is 17.0 Å². The maximum Gasteiger partial charge on any atom is 0.160 e. The Balaban J connectivity index is 0.00000156. The van der Waals surface area contributed by atoms with Gasteiger partial charge in [0.05, 0.1) is 0 Å². The highest BCUT2D eigenvalue weighted by Crippen LogP contribution is 2.41. The van der Waals surface area contributed by atoms with Crippen molar-refractivity contribution in [1.82, 2.24) is 4.90 Å². The van der Waals surface area contributed by atoms with Crippen LogP contribution in [0.5, 0.6) is 11.5 Å². The fourth-order valence-electron chi connectivity index (χ4n) is 3.67. The lowest BCUT2D eigenvalue weighted by Gasteiger charge is -2.23. The third-order valence-electron chi connectivity index (χ3n) is 4.85. The molecule has 1 unspecified atom stereocenters. The van der Waals surface area contributed by atoms with E-state index in [4.69, 9.17) is 0 Å². The lowest BCUT2D eigenvalue weighted by Crippen LogP contribution is -2.24. The largest absolute Gasteiger partial charge is 0.504 e. The average Bonchev–Trinajstić information content (AvgIpc) is 2.72. The predicted molar refractivity (Wildman–Crippen MR) is 107 cm³/mol. The molecule has 1 aliphatic rings. The number of hydrogen-bond donors (Lipinski definition) is 2. The maximum absolute atomic E-state index is 10.3. The van der Waals surface area contributed by atoms with Crippen molar-refractivity contribution in [1.29, 1.82) is 0 Å². The minimum atomic E-state index is 0. The van der Waals surface area contributed by atoms with Gasteiger partial charge in [-0.15, -0.1) is 17.0 Å². The summed E-state index contributed by atoms with van der Waals surface area (Å²) in [7, 11) is 2.14. The summed E-state index contributed by atoms with van der Waals surface area (Å²) >= 11 is 0. The van der Waals surface area contributed by atoms with Crippen LogP contribution in [0.15, 0.2) is 36.4 Å². The Morgan fingerprint density at radius 3 is 2.48 bits per heavy atom. The van der Waals surface area contributed by atoms with E-state index in [0.717, 1.165) is 37.9 Å². The first-order chi connectivity index (χ1) is 11.1. The summed E-state index contributed by atoms with van der Waals surface area (Å²) in [6, 6.07) is 12.2. The van der Waals surface area contributed by atoms with Crippen LogP contribution in [0, 0.1) is 0 Å². The molecule has 138 valence electrons. The van der Waals surface area contributed by atoms with E-state index in [1.54, 1.807) is 6.07 Å². The average molecular weight is 410 g/mol. The molecule has 1 atom stereocenters. The summed E-state index contributed by atoms with van der Waals surface area (Å²) in [5, 5.41) is 20.6. The molecule has 1 aliphatic heterocycles. The van der Waals surface area contributed by atoms with Crippen molar-refractivity contribution in [3.05, 3.63) is 58.7 Å². The zero-order valence-electron chi connectivity index (χ0n) is 14.8. The Bertz CT molecular complexity index is 691. The second-order valence-electron chi connectivity index (χ2n) is 6.52. The van der Waals surface area contributed by atoms with Gasteiger partial charge < -0.3 is 20.6 Å². The van der Waals surface area contributed by atoms with Crippen LogP contribution in [-0.4, -0.2) is 40.7 Å². The van der Waals surface area contributed by atoms with Gasteiger partial charge in [0.1, 0.15) is 0 Å². The van der Waals surface area contributed by atoms with Crippen molar-refractivity contribution in [2.75, 3.05) is 20.1 Å². The summed E-state index contributed by atoms with van der Waals surface area (Å²) in [4.78, 5) is 2.33. The van der Waals surface area contributed by atoms with Crippen LogP contribution in [0.4, 0.5) is 0 Å². The Morgan fingerprint density at radius 1 is 1.16 bits per heavy atom. The Morgan fingerprint density at radius 2 is 1.84 bits per heavy atom. The Hall–Kier alpha value is -1.56. The van der Waals surface area contributed by atoms with Gasteiger partial charge in [-0.05, 0) is 42.6 Å². The number of likely N-dealkylation sites (N-methyl/N-ethyl adjacent to an activating group) is 1. The van der Waals surface area contributed by atoms with E-state index in [0.29, 0.717) is 0 Å². The van der Waals surface area contributed by atoms with Crippen molar-refractivity contribution in [2.24, 2.45) is 0 Å². The monoisotopic (exact) mass is 409 g/mol. The van der Waals surface area contributed by atoms with Gasteiger partial charge in [-0.2, -0.15) is 0 Å². The fourth-order valence-corrected chi connectivity index (χ4v) is 3.67. The standard InChI is InChI=1S/C20H25NO2.BrH.H2O/c1-3-7-16-15-10-11-21(2)13-18(14-8-5-4-6-9-14)17(15)12-19(22)20(16)23;;/h4-6,8-9,12,18,22-23H,3,7,10-11,13H2,1-2H3;1H;1H2. The van der Waals surface area contributed by atoms with Crippen molar-refractivity contribution in [2.45, 2.75) is 32.1 Å². The fraction of sp³-hybridized carbons (Fsp3) is 0.400. The van der Waals surface area contributed by atoms with Crippen LogP contribution in [0.25, 0.3) is 0 Å². The van der Waals surface area contributed by atoms with Crippen LogP contribution >= 0.6 is 17.0 Å². The predicted octanol–water partition coefficient (Wildman–Crippen LogP) is 3.42. The van der Waals surface area contributed by atoms with E-state index in [2.05, 4.69) is 43.1 Å². The number of nitrogens with zero attached hydrogens (tertiary/aromatic N) is 1. The van der Waals surface area contributed by atoms with E-state index < -0.39 is 0 Å². The molecule has 3 rings (SSSR count). The highest BCUT2D eigenvalue weighted by atomic mass is 79.9. The smallest absolute Gasteiger partial charge is 0.160 e. The highest BCUT2D eigenvalue weighted by Gasteiger charge is 2.27. The summed E-state index contributed by atoms with van der Waals surface area (Å²) in [5.74, 6) is 0.306. The molecular weight excluding hydrogens is 382 g/mol. The normalized spacial score (nSPS) is 17.0. The SMILES string of the molecule is Br.CCCc1c(O)c(O)cc2c1CCN(C)CC2c1ccccc1.O. The minimum absolute atomic E-state index is 0. The molecule has 4 nitrogen and oxygen atoms in total. The number of hydrogen-bond acceptors (Lipinski definition) is 3. The molecule has 0 aromatic heterocycles. The molecule has 0 amide bonds. The number of halogens is 1. The maximum atomic E-state index is 10.3. The quantitative estimate of drug-likeness (QED) is 0.762. The summed E-state index contributed by atoms with van der Waals surface area (Å²) in [5.41, 5.74) is 4.58. The molecule has 0 aliphatic carbocycles. The van der Waals surface area contributed by atoms with Crippen LogP contribution in [0.2, 0.25) is 0 Å². The second-order valence-corrected chi connectivity index (χ2v) is 6.52. The van der Waals surface area contributed by atoms with Gasteiger partial charge in [0.15, 0.2) is 11.5 Å². The lowest BCUT2D eigenvalue weighted by atomic mass is 9.84. The van der Waals surface area contributed by atoms with Gasteiger partial charge in [-0.25, -0.2) is 0 Å². The highest BCUT2D eigenvalue weighted by molar-refractivity contribution is 8.93. The zero-order chi connectivity index (χ0) is 16.4. The van der Waals surface area contributed by atoms with Gasteiger partial charge in [0, 0.05) is 24.6 Å². The van der Waals surface area contributed by atoms with E-state index in [9.17, 15) is 10.2 Å². The molecular formula is C20H28BrNO3. The van der Waals surface area contributed by atoms with Crippen molar-refractivity contribution in [3.63, 3.8) is 0 Å². The Labute approximate surface area is 160 Å². The summed E-state index contributed by atoms with van der Waals surface area (Å²) < 4.78 is 0. The number of benzene rings is 2. The van der Waals surface area contributed by atoms with Gasteiger partial charge in [-0.3, -0.25) is 0 Å². The van der Waals surface area contributed by atoms with Crippen LogP contribution in [-0.2, 0) is 12.8 Å². The van der Waals surface area contributed by atoms with E-state index in [1.807, 2.05) is 6.07 Å². The molecule has 5 heteroatoms. The van der Waals surface area contributed by atoms with Crippen LogP contribution in [0.3, 0.4) is 0 Å². The van der Waals surface area contributed by atoms with Gasteiger partial charge in [-0.1, -0.05) is 43.7 Å². The number of phenolic OH excluding ortho intramolecular Hbond substituents is 2. The van der Waals surface area contributed by atoms with Gasteiger partial charge in [0.25, 0.3) is 0 Å². The first kappa shape index (κ1) is 21.5. The van der Waals surface area contributed by atoms with Gasteiger partial charge in [0.2, 0.25) is 0 Å². The molecule has 2 aromatic carbocycles. The first-order valence-corrected chi connectivity index (χ1v) is 8.41. The molecule has 0 spiro atoms. The van der Waals surface area contributed by atoms with E-state index >= 15 is 0 Å². The molecule has 1 heterocycles. The minimum Gasteiger partial charge on any atom is -0.504 e.